The van der Waals surface area contributed by atoms with Crippen LogP contribution in [0, 0.1) is 0 Å². The minimum absolute atomic E-state index is 0.793. The van der Waals surface area contributed by atoms with Crippen LogP contribution in [0.3, 0.4) is 0 Å². The third kappa shape index (κ3) is 2.59. The van der Waals surface area contributed by atoms with Gasteiger partial charge in [0.1, 0.15) is 0 Å². The Hall–Kier alpha value is -1.73. The maximum atomic E-state index is 5.95. The van der Waals surface area contributed by atoms with Crippen LogP contribution in [-0.4, -0.2) is 6.54 Å². The number of benzene rings is 2. The molecule has 0 spiro atoms. The number of halogens is 1. The molecule has 0 amide bonds. The maximum Gasteiger partial charge on any atom is 0.0448 e. The fraction of sp³-hybridized carbons (Fsp3) is 0.222. The van der Waals surface area contributed by atoms with Crippen LogP contribution < -0.4 is 4.90 Å². The van der Waals surface area contributed by atoms with Crippen LogP contribution in [0.2, 0.25) is 5.02 Å². The first kappa shape index (κ1) is 13.3. The predicted octanol–water partition coefficient (Wildman–Crippen LogP) is 5.15. The smallest absolute Gasteiger partial charge is 0.0448 e. The largest absolute Gasteiger partial charge is 0.363 e. The zero-order valence-electron chi connectivity index (χ0n) is 11.6. The Kier molecular flexibility index (Phi) is 3.79. The van der Waals surface area contributed by atoms with E-state index in [0.29, 0.717) is 0 Å². The number of nitrogens with zero attached hydrogens (tertiary/aromatic N) is 1. The number of para-hydroxylation sites is 1. The highest BCUT2D eigenvalue weighted by atomic mass is 35.5. The van der Waals surface area contributed by atoms with Crippen molar-refractivity contribution < 1.29 is 0 Å². The lowest BCUT2D eigenvalue weighted by atomic mass is 9.97. The summed E-state index contributed by atoms with van der Waals surface area (Å²) in [5.74, 6) is 0. The van der Waals surface area contributed by atoms with Gasteiger partial charge in [0.15, 0.2) is 0 Å². The average molecular weight is 284 g/mol. The van der Waals surface area contributed by atoms with E-state index in [1.54, 1.807) is 0 Å². The van der Waals surface area contributed by atoms with E-state index in [2.05, 4.69) is 54.3 Å². The summed E-state index contributed by atoms with van der Waals surface area (Å²) in [6.45, 7) is 4.11. The van der Waals surface area contributed by atoms with Gasteiger partial charge in [-0.3, -0.25) is 0 Å². The van der Waals surface area contributed by atoms with Crippen molar-refractivity contribution in [1.29, 1.82) is 0 Å². The van der Waals surface area contributed by atoms with E-state index in [0.717, 1.165) is 24.5 Å². The fourth-order valence-electron chi connectivity index (χ4n) is 2.74. The second-order valence-electron chi connectivity index (χ2n) is 5.11. The van der Waals surface area contributed by atoms with Crippen molar-refractivity contribution in [2.45, 2.75) is 19.9 Å². The number of hydrogen-bond acceptors (Lipinski definition) is 1. The van der Waals surface area contributed by atoms with E-state index < -0.39 is 0 Å². The third-order valence-electron chi connectivity index (χ3n) is 3.82. The van der Waals surface area contributed by atoms with Gasteiger partial charge in [-0.1, -0.05) is 54.9 Å². The first-order chi connectivity index (χ1) is 9.78. The van der Waals surface area contributed by atoms with Gasteiger partial charge in [0.25, 0.3) is 0 Å². The normalized spacial score (nSPS) is 13.9. The molecule has 0 bridgehead atoms. The molecule has 0 N–H and O–H groups in total. The highest BCUT2D eigenvalue weighted by molar-refractivity contribution is 6.30. The molecule has 2 aromatic carbocycles. The van der Waals surface area contributed by atoms with Gasteiger partial charge in [0, 0.05) is 29.4 Å². The van der Waals surface area contributed by atoms with Crippen LogP contribution in [0.1, 0.15) is 24.5 Å². The molecule has 0 fully saturated rings. The molecule has 0 aliphatic carbocycles. The summed E-state index contributed by atoms with van der Waals surface area (Å²) in [4.78, 5) is 2.41. The van der Waals surface area contributed by atoms with Crippen LogP contribution in [0.5, 0.6) is 0 Å². The Morgan fingerprint density at radius 1 is 1.05 bits per heavy atom. The molecule has 0 unspecified atom stereocenters. The molecule has 1 aliphatic rings. The van der Waals surface area contributed by atoms with Crippen molar-refractivity contribution in [3.63, 3.8) is 0 Å². The molecule has 2 heteroatoms. The summed E-state index contributed by atoms with van der Waals surface area (Å²) in [6.07, 6.45) is 3.43. The molecule has 102 valence electrons. The molecule has 0 atom stereocenters. The average Bonchev–Trinajstić information content (AvgIpc) is 2.50. The molecule has 2 aromatic rings. The SMILES string of the molecule is CCC1=CCN(Cc2ccc(Cl)cc2)c2ccccc21. The van der Waals surface area contributed by atoms with Gasteiger partial charge in [-0.2, -0.15) is 0 Å². The van der Waals surface area contributed by atoms with E-state index in [-0.39, 0.29) is 0 Å². The van der Waals surface area contributed by atoms with Crippen molar-refractivity contribution in [3.05, 3.63) is 70.8 Å². The van der Waals surface area contributed by atoms with Crippen LogP contribution in [0.4, 0.5) is 5.69 Å². The summed E-state index contributed by atoms with van der Waals surface area (Å²) < 4.78 is 0. The summed E-state index contributed by atoms with van der Waals surface area (Å²) in [6, 6.07) is 16.8. The van der Waals surface area contributed by atoms with E-state index in [1.807, 2.05) is 12.1 Å². The molecule has 0 radical (unpaired) electrons. The lowest BCUT2D eigenvalue weighted by molar-refractivity contribution is 0.854. The molecule has 1 nitrogen and oxygen atoms in total. The van der Waals surface area contributed by atoms with Crippen molar-refractivity contribution in [3.8, 4) is 0 Å². The van der Waals surface area contributed by atoms with Crippen LogP contribution in [-0.2, 0) is 6.54 Å². The Bertz CT molecular complexity index is 628. The first-order valence-corrected chi connectivity index (χ1v) is 7.43. The summed E-state index contributed by atoms with van der Waals surface area (Å²) in [5, 5.41) is 0.793. The topological polar surface area (TPSA) is 3.24 Å². The fourth-order valence-corrected chi connectivity index (χ4v) is 2.87. The van der Waals surface area contributed by atoms with Gasteiger partial charge < -0.3 is 4.90 Å². The second-order valence-corrected chi connectivity index (χ2v) is 5.54. The zero-order chi connectivity index (χ0) is 13.9. The number of rotatable bonds is 3. The van der Waals surface area contributed by atoms with Crippen molar-refractivity contribution in [2.75, 3.05) is 11.4 Å². The van der Waals surface area contributed by atoms with Crippen LogP contribution in [0.15, 0.2) is 54.6 Å². The van der Waals surface area contributed by atoms with Gasteiger partial charge in [-0.05, 0) is 35.8 Å². The minimum Gasteiger partial charge on any atom is -0.363 e. The van der Waals surface area contributed by atoms with E-state index in [4.69, 9.17) is 11.6 Å². The zero-order valence-corrected chi connectivity index (χ0v) is 12.4. The summed E-state index contributed by atoms with van der Waals surface area (Å²) in [5.41, 5.74) is 5.45. The van der Waals surface area contributed by atoms with E-state index >= 15 is 0 Å². The van der Waals surface area contributed by atoms with Gasteiger partial charge in [-0.15, -0.1) is 0 Å². The molecule has 1 heterocycles. The number of fused-ring (bicyclic) bond motifs is 1. The summed E-state index contributed by atoms with van der Waals surface area (Å²) in [7, 11) is 0. The molecule has 0 saturated carbocycles. The van der Waals surface area contributed by atoms with Crippen molar-refractivity contribution in [1.82, 2.24) is 0 Å². The predicted molar refractivity (Wildman–Crippen MR) is 87.2 cm³/mol. The Morgan fingerprint density at radius 2 is 1.80 bits per heavy atom. The number of hydrogen-bond donors (Lipinski definition) is 0. The van der Waals surface area contributed by atoms with Crippen LogP contribution >= 0.6 is 11.6 Å². The number of allylic oxidation sites excluding steroid dienone is 1. The second kappa shape index (κ2) is 5.72. The Labute approximate surface area is 125 Å². The lowest BCUT2D eigenvalue weighted by Crippen LogP contribution is -2.26. The standard InChI is InChI=1S/C18H18ClN/c1-2-15-11-12-20(18-6-4-3-5-17(15)18)13-14-7-9-16(19)10-8-14/h3-11H,2,12-13H2,1H3. The molecule has 0 aromatic heterocycles. The summed E-state index contributed by atoms with van der Waals surface area (Å²) >= 11 is 5.95. The van der Waals surface area contributed by atoms with Gasteiger partial charge in [-0.25, -0.2) is 0 Å². The Balaban J connectivity index is 1.89. The molecular formula is C18H18ClN. The molecule has 1 aliphatic heterocycles. The third-order valence-corrected chi connectivity index (χ3v) is 4.07. The minimum atomic E-state index is 0.793. The van der Waals surface area contributed by atoms with Crippen LogP contribution in [0.25, 0.3) is 5.57 Å². The molecule has 3 rings (SSSR count). The van der Waals surface area contributed by atoms with E-state index in [9.17, 15) is 0 Å². The van der Waals surface area contributed by atoms with Crippen molar-refractivity contribution in [2.24, 2.45) is 0 Å². The Morgan fingerprint density at radius 3 is 2.55 bits per heavy atom. The monoisotopic (exact) mass is 283 g/mol. The molecular weight excluding hydrogens is 266 g/mol. The van der Waals surface area contributed by atoms with E-state index in [1.165, 1.54) is 22.4 Å². The highest BCUT2D eigenvalue weighted by Gasteiger charge is 2.17. The number of anilines is 1. The van der Waals surface area contributed by atoms with Gasteiger partial charge >= 0.3 is 0 Å². The highest BCUT2D eigenvalue weighted by Crippen LogP contribution is 2.33. The maximum absolute atomic E-state index is 5.95. The van der Waals surface area contributed by atoms with Gasteiger partial charge in [0.2, 0.25) is 0 Å². The molecule has 0 saturated heterocycles. The van der Waals surface area contributed by atoms with Gasteiger partial charge in [0.05, 0.1) is 0 Å². The quantitative estimate of drug-likeness (QED) is 0.752. The molecule has 20 heavy (non-hydrogen) atoms. The first-order valence-electron chi connectivity index (χ1n) is 7.05. The van der Waals surface area contributed by atoms with Crippen molar-refractivity contribution >= 4 is 22.9 Å². The lowest BCUT2D eigenvalue weighted by Gasteiger charge is -2.31.